The Kier molecular flexibility index (Phi) is 4.19. The lowest BCUT2D eigenvalue weighted by Gasteiger charge is -2.30. The molecule has 0 saturated heterocycles. The fourth-order valence-electron chi connectivity index (χ4n) is 3.01. The van der Waals surface area contributed by atoms with E-state index in [2.05, 4.69) is 5.32 Å². The molecule has 0 atom stereocenters. The summed E-state index contributed by atoms with van der Waals surface area (Å²) in [6, 6.07) is 5.96. The molecule has 0 bridgehead atoms. The Morgan fingerprint density at radius 3 is 2.77 bits per heavy atom. The average molecular weight is 300 g/mol. The van der Waals surface area contributed by atoms with Crippen LogP contribution in [0, 0.1) is 11.8 Å². The molecular formula is C18H24N2O2. The van der Waals surface area contributed by atoms with Gasteiger partial charge in [-0.15, -0.1) is 0 Å². The number of hydrogen-bond donors (Lipinski definition) is 1. The van der Waals surface area contributed by atoms with E-state index in [9.17, 15) is 9.59 Å². The first-order valence-electron chi connectivity index (χ1n) is 8.28. The summed E-state index contributed by atoms with van der Waals surface area (Å²) in [5.41, 5.74) is 2.99. The Labute approximate surface area is 131 Å². The van der Waals surface area contributed by atoms with Crippen LogP contribution in [0.1, 0.15) is 45.1 Å². The van der Waals surface area contributed by atoms with E-state index >= 15 is 0 Å². The number of anilines is 2. The molecule has 1 aliphatic carbocycles. The zero-order valence-electron chi connectivity index (χ0n) is 13.4. The van der Waals surface area contributed by atoms with Gasteiger partial charge in [0.2, 0.25) is 11.8 Å². The number of carbonyl (C=O) groups is 2. The minimum absolute atomic E-state index is 0.0332. The number of carbonyl (C=O) groups excluding carboxylic acids is 2. The van der Waals surface area contributed by atoms with Crippen molar-refractivity contribution in [2.75, 3.05) is 16.8 Å². The first kappa shape index (κ1) is 15.1. The van der Waals surface area contributed by atoms with Crippen molar-refractivity contribution in [2.45, 2.75) is 46.0 Å². The van der Waals surface area contributed by atoms with Crippen LogP contribution in [0.4, 0.5) is 11.4 Å². The van der Waals surface area contributed by atoms with Crippen molar-refractivity contribution in [2.24, 2.45) is 11.8 Å². The lowest BCUT2D eigenvalue weighted by Crippen LogP contribution is -2.36. The van der Waals surface area contributed by atoms with Gasteiger partial charge in [0, 0.05) is 30.3 Å². The third-order valence-corrected chi connectivity index (χ3v) is 4.27. The molecule has 1 N–H and O–H groups in total. The first-order chi connectivity index (χ1) is 10.5. The molecule has 1 aliphatic heterocycles. The van der Waals surface area contributed by atoms with Crippen molar-refractivity contribution < 1.29 is 9.59 Å². The van der Waals surface area contributed by atoms with Gasteiger partial charge in [-0.05, 0) is 49.3 Å². The van der Waals surface area contributed by atoms with Crippen LogP contribution in [-0.4, -0.2) is 18.4 Å². The Morgan fingerprint density at radius 2 is 2.09 bits per heavy atom. The van der Waals surface area contributed by atoms with Gasteiger partial charge in [-0.1, -0.05) is 19.9 Å². The zero-order chi connectivity index (χ0) is 15.7. The smallest absolute Gasteiger partial charge is 0.230 e. The van der Waals surface area contributed by atoms with Crippen LogP contribution in [0.15, 0.2) is 18.2 Å². The Balaban J connectivity index is 1.79. The van der Waals surface area contributed by atoms with E-state index in [1.54, 1.807) is 0 Å². The number of benzene rings is 1. The minimum atomic E-state index is 0.0332. The highest BCUT2D eigenvalue weighted by Gasteiger charge is 2.35. The normalized spacial score (nSPS) is 17.3. The summed E-state index contributed by atoms with van der Waals surface area (Å²) >= 11 is 0. The van der Waals surface area contributed by atoms with Crippen molar-refractivity contribution in [1.29, 1.82) is 0 Å². The predicted octanol–water partition coefficient (Wildman–Crippen LogP) is 3.36. The predicted molar refractivity (Wildman–Crippen MR) is 87.9 cm³/mol. The van der Waals surface area contributed by atoms with E-state index in [4.69, 9.17) is 0 Å². The highest BCUT2D eigenvalue weighted by molar-refractivity contribution is 5.99. The van der Waals surface area contributed by atoms with Gasteiger partial charge in [0.15, 0.2) is 0 Å². The Hall–Kier alpha value is -1.84. The summed E-state index contributed by atoms with van der Waals surface area (Å²) in [6.07, 6.45) is 4.58. The monoisotopic (exact) mass is 300 g/mol. The molecule has 1 heterocycles. The van der Waals surface area contributed by atoms with Crippen molar-refractivity contribution in [1.82, 2.24) is 0 Å². The Morgan fingerprint density at radius 1 is 1.32 bits per heavy atom. The Bertz CT molecular complexity index is 591. The zero-order valence-corrected chi connectivity index (χ0v) is 13.4. The van der Waals surface area contributed by atoms with Crippen LogP contribution in [0.5, 0.6) is 0 Å². The highest BCUT2D eigenvalue weighted by Crippen LogP contribution is 2.36. The molecule has 0 aromatic heterocycles. The van der Waals surface area contributed by atoms with Crippen LogP contribution >= 0.6 is 0 Å². The van der Waals surface area contributed by atoms with Crippen molar-refractivity contribution in [3.05, 3.63) is 23.8 Å². The van der Waals surface area contributed by atoms with E-state index in [1.165, 1.54) is 5.56 Å². The molecule has 1 aromatic carbocycles. The molecule has 22 heavy (non-hydrogen) atoms. The number of nitrogens with one attached hydrogen (secondary N) is 1. The number of amides is 2. The van der Waals surface area contributed by atoms with E-state index in [-0.39, 0.29) is 17.7 Å². The maximum absolute atomic E-state index is 12.4. The molecule has 118 valence electrons. The molecule has 4 nitrogen and oxygen atoms in total. The minimum Gasteiger partial charge on any atom is -0.326 e. The molecule has 0 spiro atoms. The number of rotatable bonds is 4. The molecule has 1 fully saturated rings. The quantitative estimate of drug-likeness (QED) is 0.927. The lowest BCUT2D eigenvalue weighted by atomic mass is 10.0. The largest absolute Gasteiger partial charge is 0.326 e. The number of nitrogens with zero attached hydrogens (tertiary/aromatic N) is 1. The molecule has 4 heteroatoms. The van der Waals surface area contributed by atoms with Gasteiger partial charge in [-0.2, -0.15) is 0 Å². The van der Waals surface area contributed by atoms with E-state index < -0.39 is 0 Å². The van der Waals surface area contributed by atoms with Gasteiger partial charge in [-0.25, -0.2) is 0 Å². The SMILES string of the molecule is CC(C)CC(=O)Nc1ccc2c(c1)N(C(=O)C1CC1)CCC2. The first-order valence-corrected chi connectivity index (χ1v) is 8.28. The third kappa shape index (κ3) is 3.32. The van der Waals surface area contributed by atoms with Crippen molar-refractivity contribution in [3.63, 3.8) is 0 Å². The lowest BCUT2D eigenvalue weighted by molar-refractivity contribution is -0.120. The number of hydrogen-bond acceptors (Lipinski definition) is 2. The van der Waals surface area contributed by atoms with Gasteiger partial charge in [-0.3, -0.25) is 9.59 Å². The molecule has 0 radical (unpaired) electrons. The van der Waals surface area contributed by atoms with Crippen molar-refractivity contribution >= 4 is 23.2 Å². The summed E-state index contributed by atoms with van der Waals surface area (Å²) in [7, 11) is 0. The number of fused-ring (bicyclic) bond motifs is 1. The summed E-state index contributed by atoms with van der Waals surface area (Å²) in [6.45, 7) is 4.86. The summed E-state index contributed by atoms with van der Waals surface area (Å²) in [5, 5.41) is 2.95. The fourth-order valence-corrected chi connectivity index (χ4v) is 3.01. The maximum Gasteiger partial charge on any atom is 0.230 e. The van der Waals surface area contributed by atoms with Crippen LogP contribution in [0.25, 0.3) is 0 Å². The number of aryl methyl sites for hydroxylation is 1. The molecule has 2 amide bonds. The summed E-state index contributed by atoms with van der Waals surface area (Å²) in [4.78, 5) is 26.3. The van der Waals surface area contributed by atoms with Crippen LogP contribution in [0.3, 0.4) is 0 Å². The van der Waals surface area contributed by atoms with Gasteiger partial charge in [0.1, 0.15) is 0 Å². The van der Waals surface area contributed by atoms with Crippen molar-refractivity contribution in [3.8, 4) is 0 Å². The van der Waals surface area contributed by atoms with E-state index in [1.807, 2.05) is 36.9 Å². The molecule has 2 aliphatic rings. The third-order valence-electron chi connectivity index (χ3n) is 4.27. The molecule has 1 saturated carbocycles. The highest BCUT2D eigenvalue weighted by atomic mass is 16.2. The van der Waals surface area contributed by atoms with Gasteiger partial charge in [0.05, 0.1) is 0 Å². The second kappa shape index (κ2) is 6.11. The summed E-state index contributed by atoms with van der Waals surface area (Å²) in [5.74, 6) is 0.855. The van der Waals surface area contributed by atoms with Crippen LogP contribution in [-0.2, 0) is 16.0 Å². The molecule has 0 unspecified atom stereocenters. The average Bonchev–Trinajstić information content (AvgIpc) is 3.29. The van der Waals surface area contributed by atoms with E-state index in [0.717, 1.165) is 43.6 Å². The van der Waals surface area contributed by atoms with Gasteiger partial charge < -0.3 is 10.2 Å². The second-order valence-corrected chi connectivity index (χ2v) is 6.86. The standard InChI is InChI=1S/C18H24N2O2/c1-12(2)10-17(21)19-15-8-7-13-4-3-9-20(16(13)11-15)18(22)14-5-6-14/h7-8,11-12,14H,3-6,9-10H2,1-2H3,(H,19,21). The van der Waals surface area contributed by atoms with Crippen LogP contribution in [0.2, 0.25) is 0 Å². The molecular weight excluding hydrogens is 276 g/mol. The van der Waals surface area contributed by atoms with Gasteiger partial charge in [0.25, 0.3) is 0 Å². The second-order valence-electron chi connectivity index (χ2n) is 6.86. The topological polar surface area (TPSA) is 49.4 Å². The van der Waals surface area contributed by atoms with E-state index in [0.29, 0.717) is 12.3 Å². The summed E-state index contributed by atoms with van der Waals surface area (Å²) < 4.78 is 0. The fraction of sp³-hybridized carbons (Fsp3) is 0.556. The molecule has 3 rings (SSSR count). The molecule has 1 aromatic rings. The van der Waals surface area contributed by atoms with Gasteiger partial charge >= 0.3 is 0 Å². The van der Waals surface area contributed by atoms with Crippen LogP contribution < -0.4 is 10.2 Å². The maximum atomic E-state index is 12.4.